The monoisotopic (exact) mass is 407 g/mol. The van der Waals surface area contributed by atoms with E-state index in [9.17, 15) is 0 Å². The summed E-state index contributed by atoms with van der Waals surface area (Å²) in [5.74, 6) is 0. The quantitative estimate of drug-likeness (QED) is 0.468. The molecule has 0 aliphatic heterocycles. The van der Waals surface area contributed by atoms with Gasteiger partial charge in [0.25, 0.3) is 0 Å². The third-order valence-electron chi connectivity index (χ3n) is 5.08. The molecule has 134 valence electrons. The fourth-order valence-electron chi connectivity index (χ4n) is 3.40. The van der Waals surface area contributed by atoms with Gasteiger partial charge in [0.2, 0.25) is 0 Å². The number of hydrogen-bond donors (Lipinski definition) is 1. The second-order valence-electron chi connectivity index (χ2n) is 7.33. The van der Waals surface area contributed by atoms with Crippen LogP contribution in [0.5, 0.6) is 0 Å². The van der Waals surface area contributed by atoms with Crippen molar-refractivity contribution in [2.75, 3.05) is 5.32 Å². The minimum atomic E-state index is 1.14. The van der Waals surface area contributed by atoms with Crippen molar-refractivity contribution in [3.63, 3.8) is 0 Å². The predicted octanol–water partition coefficient (Wildman–Crippen LogP) is 7.71. The molecule has 0 unspecified atom stereocenters. The van der Waals surface area contributed by atoms with Crippen LogP contribution in [0.4, 0.5) is 11.4 Å². The lowest BCUT2D eigenvalue weighted by atomic mass is 9.96. The summed E-state index contributed by atoms with van der Waals surface area (Å²) in [6.45, 7) is 13.0. The lowest BCUT2D eigenvalue weighted by Crippen LogP contribution is -1.98. The van der Waals surface area contributed by atoms with E-state index in [2.05, 4.69) is 105 Å². The van der Waals surface area contributed by atoms with Gasteiger partial charge in [0.1, 0.15) is 0 Å². The summed E-state index contributed by atoms with van der Waals surface area (Å²) in [6.07, 6.45) is 0. The minimum Gasteiger partial charge on any atom is -0.355 e. The van der Waals surface area contributed by atoms with Gasteiger partial charge in [0.05, 0.1) is 0 Å². The van der Waals surface area contributed by atoms with E-state index in [0.29, 0.717) is 0 Å². The summed E-state index contributed by atoms with van der Waals surface area (Å²) in [5, 5.41) is 3.61. The third kappa shape index (κ3) is 3.71. The van der Waals surface area contributed by atoms with Crippen LogP contribution in [-0.4, -0.2) is 0 Å². The first-order chi connectivity index (χ1) is 12.3. The highest BCUT2D eigenvalue weighted by Crippen LogP contribution is 2.33. The Bertz CT molecular complexity index is 939. The van der Waals surface area contributed by atoms with Crippen LogP contribution in [0, 0.1) is 41.5 Å². The van der Waals surface area contributed by atoms with Gasteiger partial charge in [-0.2, -0.15) is 0 Å². The van der Waals surface area contributed by atoms with E-state index in [-0.39, 0.29) is 0 Å². The molecule has 0 bridgehead atoms. The summed E-state index contributed by atoms with van der Waals surface area (Å²) in [4.78, 5) is 0. The van der Waals surface area contributed by atoms with Crippen LogP contribution in [0.3, 0.4) is 0 Å². The molecule has 0 fully saturated rings. The number of anilines is 2. The van der Waals surface area contributed by atoms with Crippen molar-refractivity contribution < 1.29 is 0 Å². The standard InChI is InChI=1S/C24H26BrN/c1-14-7-8-22(13-15(14)2)26-24-18(5)11-21(12-19(24)6)20-9-16(3)23(25)17(4)10-20/h7-13,26H,1-6H3. The van der Waals surface area contributed by atoms with E-state index in [1.54, 1.807) is 0 Å². The number of hydrogen-bond acceptors (Lipinski definition) is 1. The van der Waals surface area contributed by atoms with Crippen LogP contribution in [0.1, 0.15) is 33.4 Å². The highest BCUT2D eigenvalue weighted by atomic mass is 79.9. The normalized spacial score (nSPS) is 10.9. The molecule has 0 amide bonds. The van der Waals surface area contributed by atoms with Crippen LogP contribution >= 0.6 is 15.9 Å². The molecule has 26 heavy (non-hydrogen) atoms. The molecule has 0 aliphatic rings. The van der Waals surface area contributed by atoms with Crippen LogP contribution < -0.4 is 5.32 Å². The zero-order valence-electron chi connectivity index (χ0n) is 16.4. The fraction of sp³-hybridized carbons (Fsp3) is 0.250. The number of halogens is 1. The Balaban J connectivity index is 1.99. The SMILES string of the molecule is Cc1ccc(Nc2c(C)cc(-c3cc(C)c(Br)c(C)c3)cc2C)cc1C. The average Bonchev–Trinajstić information content (AvgIpc) is 2.58. The van der Waals surface area contributed by atoms with Gasteiger partial charge in [0, 0.05) is 15.8 Å². The Morgan fingerprint density at radius 1 is 0.577 bits per heavy atom. The zero-order chi connectivity index (χ0) is 19.0. The highest BCUT2D eigenvalue weighted by molar-refractivity contribution is 9.10. The lowest BCUT2D eigenvalue weighted by Gasteiger charge is -2.17. The predicted molar refractivity (Wildman–Crippen MR) is 118 cm³/mol. The van der Waals surface area contributed by atoms with E-state index in [1.165, 1.54) is 54.7 Å². The largest absolute Gasteiger partial charge is 0.355 e. The van der Waals surface area contributed by atoms with Gasteiger partial charge in [-0.1, -0.05) is 34.1 Å². The van der Waals surface area contributed by atoms with Gasteiger partial charge < -0.3 is 5.32 Å². The van der Waals surface area contributed by atoms with Crippen LogP contribution in [0.15, 0.2) is 46.9 Å². The van der Waals surface area contributed by atoms with E-state index < -0.39 is 0 Å². The third-order valence-corrected chi connectivity index (χ3v) is 6.33. The second-order valence-corrected chi connectivity index (χ2v) is 8.13. The summed E-state index contributed by atoms with van der Waals surface area (Å²) in [5.41, 5.74) is 12.6. The van der Waals surface area contributed by atoms with E-state index in [1.807, 2.05) is 0 Å². The van der Waals surface area contributed by atoms with Crippen molar-refractivity contribution in [2.24, 2.45) is 0 Å². The zero-order valence-corrected chi connectivity index (χ0v) is 18.0. The van der Waals surface area contributed by atoms with E-state index in [0.717, 1.165) is 5.69 Å². The molecule has 0 aromatic heterocycles. The second kappa shape index (κ2) is 7.28. The summed E-state index contributed by atoms with van der Waals surface area (Å²) < 4.78 is 1.20. The van der Waals surface area contributed by atoms with Gasteiger partial charge in [-0.15, -0.1) is 0 Å². The molecule has 0 radical (unpaired) electrons. The maximum Gasteiger partial charge on any atom is 0.0444 e. The Morgan fingerprint density at radius 3 is 1.58 bits per heavy atom. The van der Waals surface area contributed by atoms with Gasteiger partial charge in [-0.3, -0.25) is 0 Å². The number of nitrogens with one attached hydrogen (secondary N) is 1. The number of benzene rings is 3. The van der Waals surface area contributed by atoms with Gasteiger partial charge in [0.15, 0.2) is 0 Å². The summed E-state index contributed by atoms with van der Waals surface area (Å²) in [6, 6.07) is 15.6. The van der Waals surface area contributed by atoms with Crippen LogP contribution in [0.2, 0.25) is 0 Å². The molecule has 2 heteroatoms. The minimum absolute atomic E-state index is 1.14. The number of aryl methyl sites for hydroxylation is 6. The molecular formula is C24H26BrN. The summed E-state index contributed by atoms with van der Waals surface area (Å²) >= 11 is 3.66. The first-order valence-corrected chi connectivity index (χ1v) is 9.78. The van der Waals surface area contributed by atoms with Crippen molar-refractivity contribution in [3.8, 4) is 11.1 Å². The molecule has 0 spiro atoms. The van der Waals surface area contributed by atoms with Crippen molar-refractivity contribution in [2.45, 2.75) is 41.5 Å². The van der Waals surface area contributed by atoms with Crippen molar-refractivity contribution in [3.05, 3.63) is 80.3 Å². The molecule has 0 atom stereocenters. The maximum atomic E-state index is 3.66. The average molecular weight is 408 g/mol. The molecule has 0 saturated carbocycles. The van der Waals surface area contributed by atoms with Crippen molar-refractivity contribution in [1.82, 2.24) is 0 Å². The molecule has 3 rings (SSSR count). The molecule has 3 aromatic rings. The molecule has 0 aliphatic carbocycles. The molecule has 0 saturated heterocycles. The van der Waals surface area contributed by atoms with E-state index in [4.69, 9.17) is 0 Å². The van der Waals surface area contributed by atoms with Crippen LogP contribution in [-0.2, 0) is 0 Å². The molecule has 1 nitrogen and oxygen atoms in total. The van der Waals surface area contributed by atoms with Gasteiger partial charge >= 0.3 is 0 Å². The topological polar surface area (TPSA) is 12.0 Å². The van der Waals surface area contributed by atoms with Crippen molar-refractivity contribution in [1.29, 1.82) is 0 Å². The van der Waals surface area contributed by atoms with Gasteiger partial charge in [-0.05, 0) is 110 Å². The first kappa shape index (κ1) is 18.7. The molecular weight excluding hydrogens is 382 g/mol. The van der Waals surface area contributed by atoms with Crippen molar-refractivity contribution >= 4 is 27.3 Å². The highest BCUT2D eigenvalue weighted by Gasteiger charge is 2.10. The molecule has 0 heterocycles. The Kier molecular flexibility index (Phi) is 5.24. The molecule has 1 N–H and O–H groups in total. The smallest absolute Gasteiger partial charge is 0.0444 e. The lowest BCUT2D eigenvalue weighted by molar-refractivity contribution is 1.31. The Hall–Kier alpha value is -2.06. The Morgan fingerprint density at radius 2 is 1.08 bits per heavy atom. The van der Waals surface area contributed by atoms with Gasteiger partial charge in [-0.25, -0.2) is 0 Å². The summed E-state index contributed by atoms with van der Waals surface area (Å²) in [7, 11) is 0. The Labute approximate surface area is 165 Å². The van der Waals surface area contributed by atoms with E-state index >= 15 is 0 Å². The van der Waals surface area contributed by atoms with Crippen LogP contribution in [0.25, 0.3) is 11.1 Å². The fourth-order valence-corrected chi connectivity index (χ4v) is 3.63. The number of rotatable bonds is 3. The first-order valence-electron chi connectivity index (χ1n) is 8.99. The molecule has 3 aromatic carbocycles. The maximum absolute atomic E-state index is 3.66.